The van der Waals surface area contributed by atoms with Crippen molar-refractivity contribution in [2.75, 3.05) is 24.1 Å². The highest BCUT2D eigenvalue weighted by atomic mass is 16.2. The molecule has 6 nitrogen and oxygen atoms in total. The normalized spacial score (nSPS) is 20.7. The van der Waals surface area contributed by atoms with Crippen molar-refractivity contribution in [3.63, 3.8) is 0 Å². The second-order valence-corrected chi connectivity index (χ2v) is 5.52. The predicted octanol–water partition coefficient (Wildman–Crippen LogP) is 0.793. The van der Waals surface area contributed by atoms with Crippen LogP contribution >= 0.6 is 0 Å². The standard InChI is InChI=1S/C15H22N4O2/c1-10(19-8-2-3-11(9-19)14(17)20)15(21)18-13-6-4-12(16)5-7-13/h4-7,10-11H,2-3,8-9,16H2,1H3,(H2,17,20)(H,18,21). The maximum atomic E-state index is 12.3. The predicted molar refractivity (Wildman–Crippen MR) is 82.4 cm³/mol. The summed E-state index contributed by atoms with van der Waals surface area (Å²) in [5.41, 5.74) is 12.3. The average molecular weight is 290 g/mol. The third-order valence-corrected chi connectivity index (χ3v) is 3.96. The fourth-order valence-electron chi connectivity index (χ4n) is 2.57. The highest BCUT2D eigenvalue weighted by molar-refractivity contribution is 5.94. The SMILES string of the molecule is CC(C(=O)Nc1ccc(N)cc1)N1CCCC(C(N)=O)C1. The zero-order valence-corrected chi connectivity index (χ0v) is 12.2. The maximum absolute atomic E-state index is 12.3. The summed E-state index contributed by atoms with van der Waals surface area (Å²) < 4.78 is 0. The minimum atomic E-state index is -0.301. The van der Waals surface area contributed by atoms with Crippen LogP contribution in [-0.4, -0.2) is 35.8 Å². The average Bonchev–Trinajstić information content (AvgIpc) is 2.49. The Bertz CT molecular complexity index is 515. The second kappa shape index (κ2) is 6.58. The highest BCUT2D eigenvalue weighted by Crippen LogP contribution is 2.19. The van der Waals surface area contributed by atoms with Crippen molar-refractivity contribution in [1.82, 2.24) is 4.90 Å². The Morgan fingerprint density at radius 3 is 2.62 bits per heavy atom. The Hall–Kier alpha value is -2.08. The first kappa shape index (κ1) is 15.3. The molecule has 1 aromatic carbocycles. The Kier molecular flexibility index (Phi) is 4.80. The Morgan fingerprint density at radius 2 is 2.00 bits per heavy atom. The molecule has 6 heteroatoms. The van der Waals surface area contributed by atoms with Gasteiger partial charge < -0.3 is 16.8 Å². The molecule has 1 aliphatic heterocycles. The number of piperidine rings is 1. The van der Waals surface area contributed by atoms with E-state index in [1.807, 2.05) is 11.8 Å². The number of nitrogens with one attached hydrogen (secondary N) is 1. The molecule has 5 N–H and O–H groups in total. The molecule has 1 fully saturated rings. The smallest absolute Gasteiger partial charge is 0.241 e. The quantitative estimate of drug-likeness (QED) is 0.714. The number of primary amides is 1. The lowest BCUT2D eigenvalue weighted by molar-refractivity contribution is -0.127. The van der Waals surface area contributed by atoms with Crippen molar-refractivity contribution in [2.45, 2.75) is 25.8 Å². The number of anilines is 2. The van der Waals surface area contributed by atoms with Crippen molar-refractivity contribution in [2.24, 2.45) is 11.7 Å². The Labute approximate surface area is 124 Å². The van der Waals surface area contributed by atoms with Gasteiger partial charge in [0.05, 0.1) is 12.0 Å². The van der Waals surface area contributed by atoms with Gasteiger partial charge in [0.15, 0.2) is 0 Å². The van der Waals surface area contributed by atoms with Gasteiger partial charge in [-0.3, -0.25) is 14.5 Å². The summed E-state index contributed by atoms with van der Waals surface area (Å²) >= 11 is 0. The number of hydrogen-bond acceptors (Lipinski definition) is 4. The molecule has 114 valence electrons. The molecule has 0 radical (unpaired) electrons. The van der Waals surface area contributed by atoms with Crippen molar-refractivity contribution in [1.29, 1.82) is 0 Å². The molecule has 1 heterocycles. The first-order valence-electron chi connectivity index (χ1n) is 7.17. The van der Waals surface area contributed by atoms with Crippen LogP contribution in [0.2, 0.25) is 0 Å². The number of nitrogens with zero attached hydrogens (tertiary/aromatic N) is 1. The fraction of sp³-hybridized carbons (Fsp3) is 0.467. The van der Waals surface area contributed by atoms with E-state index in [2.05, 4.69) is 5.32 Å². The minimum Gasteiger partial charge on any atom is -0.399 e. The zero-order chi connectivity index (χ0) is 15.4. The van der Waals surface area contributed by atoms with Gasteiger partial charge in [0, 0.05) is 17.9 Å². The van der Waals surface area contributed by atoms with Crippen LogP contribution in [0.3, 0.4) is 0 Å². The maximum Gasteiger partial charge on any atom is 0.241 e. The first-order chi connectivity index (χ1) is 9.97. The molecule has 1 aliphatic rings. The number of rotatable bonds is 4. The van der Waals surface area contributed by atoms with E-state index >= 15 is 0 Å². The number of nitrogen functional groups attached to an aromatic ring is 1. The summed E-state index contributed by atoms with van der Waals surface area (Å²) in [6, 6.07) is 6.71. The van der Waals surface area contributed by atoms with Crippen LogP contribution in [0.15, 0.2) is 24.3 Å². The van der Waals surface area contributed by atoms with E-state index in [4.69, 9.17) is 11.5 Å². The van der Waals surface area contributed by atoms with Gasteiger partial charge in [-0.05, 0) is 50.6 Å². The number of benzene rings is 1. The zero-order valence-electron chi connectivity index (χ0n) is 12.2. The summed E-state index contributed by atoms with van der Waals surface area (Å²) in [7, 11) is 0. The molecule has 0 aromatic heterocycles. The van der Waals surface area contributed by atoms with Gasteiger partial charge >= 0.3 is 0 Å². The number of carbonyl (C=O) groups excluding carboxylic acids is 2. The molecule has 0 saturated carbocycles. The third kappa shape index (κ3) is 3.95. The lowest BCUT2D eigenvalue weighted by atomic mass is 9.96. The first-order valence-corrected chi connectivity index (χ1v) is 7.17. The molecular formula is C15H22N4O2. The molecular weight excluding hydrogens is 268 g/mol. The van der Waals surface area contributed by atoms with E-state index in [0.717, 1.165) is 19.4 Å². The van der Waals surface area contributed by atoms with Crippen molar-refractivity contribution < 1.29 is 9.59 Å². The van der Waals surface area contributed by atoms with Gasteiger partial charge in [0.2, 0.25) is 11.8 Å². The number of likely N-dealkylation sites (tertiary alicyclic amines) is 1. The van der Waals surface area contributed by atoms with Crippen LogP contribution in [0.4, 0.5) is 11.4 Å². The van der Waals surface area contributed by atoms with E-state index in [-0.39, 0.29) is 23.8 Å². The van der Waals surface area contributed by atoms with Gasteiger partial charge in [0.25, 0.3) is 0 Å². The largest absolute Gasteiger partial charge is 0.399 e. The second-order valence-electron chi connectivity index (χ2n) is 5.52. The van der Waals surface area contributed by atoms with Gasteiger partial charge in [-0.2, -0.15) is 0 Å². The molecule has 2 atom stereocenters. The third-order valence-electron chi connectivity index (χ3n) is 3.96. The van der Waals surface area contributed by atoms with Crippen LogP contribution in [0, 0.1) is 5.92 Å². The van der Waals surface area contributed by atoms with Crippen LogP contribution < -0.4 is 16.8 Å². The number of hydrogen-bond donors (Lipinski definition) is 3. The molecule has 2 unspecified atom stereocenters. The van der Waals surface area contributed by atoms with E-state index in [0.29, 0.717) is 17.9 Å². The molecule has 1 aromatic rings. The number of amides is 2. The monoisotopic (exact) mass is 290 g/mol. The Balaban J connectivity index is 1.95. The topological polar surface area (TPSA) is 101 Å². The van der Waals surface area contributed by atoms with Gasteiger partial charge in [-0.15, -0.1) is 0 Å². The minimum absolute atomic E-state index is 0.0927. The molecule has 0 spiro atoms. The van der Waals surface area contributed by atoms with Crippen LogP contribution in [0.25, 0.3) is 0 Å². The fourth-order valence-corrected chi connectivity index (χ4v) is 2.57. The molecule has 0 bridgehead atoms. The van der Waals surface area contributed by atoms with Crippen molar-refractivity contribution in [3.8, 4) is 0 Å². The van der Waals surface area contributed by atoms with Crippen molar-refractivity contribution >= 4 is 23.2 Å². The molecule has 2 amide bonds. The summed E-state index contributed by atoms with van der Waals surface area (Å²) in [5, 5.41) is 2.86. The Morgan fingerprint density at radius 1 is 1.33 bits per heavy atom. The van der Waals surface area contributed by atoms with Crippen molar-refractivity contribution in [3.05, 3.63) is 24.3 Å². The van der Waals surface area contributed by atoms with Gasteiger partial charge in [-0.25, -0.2) is 0 Å². The number of nitrogens with two attached hydrogens (primary N) is 2. The summed E-state index contributed by atoms with van der Waals surface area (Å²) in [6.45, 7) is 3.20. The highest BCUT2D eigenvalue weighted by Gasteiger charge is 2.29. The molecule has 21 heavy (non-hydrogen) atoms. The molecule has 2 rings (SSSR count). The van der Waals surface area contributed by atoms with E-state index in [9.17, 15) is 9.59 Å². The van der Waals surface area contributed by atoms with E-state index in [1.54, 1.807) is 24.3 Å². The van der Waals surface area contributed by atoms with Crippen LogP contribution in [-0.2, 0) is 9.59 Å². The molecule has 1 saturated heterocycles. The van der Waals surface area contributed by atoms with Crippen LogP contribution in [0.1, 0.15) is 19.8 Å². The number of carbonyl (C=O) groups is 2. The summed E-state index contributed by atoms with van der Waals surface area (Å²) in [4.78, 5) is 25.6. The van der Waals surface area contributed by atoms with Crippen LogP contribution in [0.5, 0.6) is 0 Å². The van der Waals surface area contributed by atoms with Gasteiger partial charge in [-0.1, -0.05) is 0 Å². The lowest BCUT2D eigenvalue weighted by Crippen LogP contribution is -2.49. The lowest BCUT2D eigenvalue weighted by Gasteiger charge is -2.34. The summed E-state index contributed by atoms with van der Waals surface area (Å²) in [5.74, 6) is -0.541. The van der Waals surface area contributed by atoms with E-state index < -0.39 is 0 Å². The summed E-state index contributed by atoms with van der Waals surface area (Å²) in [6.07, 6.45) is 1.69. The van der Waals surface area contributed by atoms with Gasteiger partial charge in [0.1, 0.15) is 0 Å². The molecule has 0 aliphatic carbocycles. The van der Waals surface area contributed by atoms with E-state index in [1.165, 1.54) is 0 Å².